The molecule has 1 aliphatic heterocycles. The smallest absolute Gasteiger partial charge is 0.248 e. The second kappa shape index (κ2) is 5.22. The summed E-state index contributed by atoms with van der Waals surface area (Å²) < 4.78 is 0. The molecular weight excluding hydrogens is 216 g/mol. The maximum absolute atomic E-state index is 12.3. The van der Waals surface area contributed by atoms with Gasteiger partial charge in [-0.25, -0.2) is 0 Å². The van der Waals surface area contributed by atoms with Gasteiger partial charge in [-0.05, 0) is 20.3 Å². The van der Waals surface area contributed by atoms with E-state index in [9.17, 15) is 9.59 Å². The zero-order valence-electron chi connectivity index (χ0n) is 10.7. The summed E-state index contributed by atoms with van der Waals surface area (Å²) in [5.41, 5.74) is -0.865. The fraction of sp³-hybridized carbons (Fsp3) is 0.692. The summed E-state index contributed by atoms with van der Waals surface area (Å²) in [5.74, 6) is 2.45. The first-order valence-electron chi connectivity index (χ1n) is 6.00. The normalized spacial score (nSPS) is 21.4. The van der Waals surface area contributed by atoms with Gasteiger partial charge < -0.3 is 10.2 Å². The fourth-order valence-electron chi connectivity index (χ4n) is 2.05. The quantitative estimate of drug-likeness (QED) is 0.741. The molecule has 1 fully saturated rings. The van der Waals surface area contributed by atoms with Crippen molar-refractivity contribution in [2.75, 3.05) is 6.54 Å². The number of nitrogens with zero attached hydrogens (tertiary/aromatic N) is 1. The minimum absolute atomic E-state index is 0.0975. The average Bonchev–Trinajstić information content (AvgIpc) is 2.35. The second-order valence-corrected chi connectivity index (χ2v) is 4.89. The van der Waals surface area contributed by atoms with E-state index >= 15 is 0 Å². The molecule has 0 saturated carbocycles. The lowest BCUT2D eigenvalue weighted by Gasteiger charge is -2.32. The summed E-state index contributed by atoms with van der Waals surface area (Å²) in [5, 5.41) is 2.72. The van der Waals surface area contributed by atoms with Gasteiger partial charge in [0.25, 0.3) is 0 Å². The Labute approximate surface area is 103 Å². The van der Waals surface area contributed by atoms with Crippen LogP contribution in [0.3, 0.4) is 0 Å². The number of amides is 2. The van der Waals surface area contributed by atoms with Crippen molar-refractivity contribution < 1.29 is 9.59 Å². The summed E-state index contributed by atoms with van der Waals surface area (Å²) in [7, 11) is 0. The van der Waals surface area contributed by atoms with Gasteiger partial charge in [-0.1, -0.05) is 19.3 Å². The van der Waals surface area contributed by atoms with Crippen molar-refractivity contribution in [3.05, 3.63) is 0 Å². The number of nitrogens with one attached hydrogen (secondary N) is 1. The standard InChI is InChI=1S/C13H20N2O2/c1-5-7-10(6-2)15-9-8-11(16)14-13(3,4)12(15)17/h2,10H,5,7-9H2,1,3-4H3,(H,14,16). The minimum Gasteiger partial charge on any atom is -0.342 e. The van der Waals surface area contributed by atoms with E-state index in [0.29, 0.717) is 13.0 Å². The molecule has 17 heavy (non-hydrogen) atoms. The molecule has 4 heteroatoms. The van der Waals surface area contributed by atoms with Crippen molar-refractivity contribution in [3.8, 4) is 12.3 Å². The molecule has 0 spiro atoms. The van der Waals surface area contributed by atoms with E-state index in [1.54, 1.807) is 18.7 Å². The van der Waals surface area contributed by atoms with Crippen molar-refractivity contribution in [3.63, 3.8) is 0 Å². The summed E-state index contributed by atoms with van der Waals surface area (Å²) in [6, 6.07) is -0.209. The van der Waals surface area contributed by atoms with Crippen LogP contribution in [0.25, 0.3) is 0 Å². The molecule has 1 heterocycles. The molecule has 0 aromatic heterocycles. The highest BCUT2D eigenvalue weighted by Crippen LogP contribution is 2.17. The van der Waals surface area contributed by atoms with Crippen LogP contribution in [0.4, 0.5) is 0 Å². The average molecular weight is 236 g/mol. The summed E-state index contributed by atoms with van der Waals surface area (Å²) in [6.45, 7) is 5.86. The lowest BCUT2D eigenvalue weighted by molar-refractivity contribution is -0.138. The Balaban J connectivity index is 2.95. The maximum atomic E-state index is 12.3. The Morgan fingerprint density at radius 2 is 2.18 bits per heavy atom. The molecule has 1 unspecified atom stereocenters. The molecule has 94 valence electrons. The van der Waals surface area contributed by atoms with E-state index in [2.05, 4.69) is 11.2 Å². The number of terminal acetylenes is 1. The summed E-state index contributed by atoms with van der Waals surface area (Å²) in [6.07, 6.45) is 7.48. The van der Waals surface area contributed by atoms with Gasteiger partial charge in [0, 0.05) is 13.0 Å². The molecule has 1 saturated heterocycles. The van der Waals surface area contributed by atoms with Gasteiger partial charge >= 0.3 is 0 Å². The predicted molar refractivity (Wildman–Crippen MR) is 66.1 cm³/mol. The van der Waals surface area contributed by atoms with E-state index in [1.165, 1.54) is 0 Å². The second-order valence-electron chi connectivity index (χ2n) is 4.89. The van der Waals surface area contributed by atoms with Gasteiger partial charge in [0.2, 0.25) is 11.8 Å². The Kier molecular flexibility index (Phi) is 4.17. The van der Waals surface area contributed by atoms with E-state index in [4.69, 9.17) is 6.42 Å². The molecular formula is C13H20N2O2. The van der Waals surface area contributed by atoms with E-state index in [1.807, 2.05) is 6.92 Å². The first-order chi connectivity index (χ1) is 7.92. The largest absolute Gasteiger partial charge is 0.342 e. The van der Waals surface area contributed by atoms with Crippen molar-refractivity contribution >= 4 is 11.8 Å². The zero-order chi connectivity index (χ0) is 13.1. The van der Waals surface area contributed by atoms with Crippen LogP contribution >= 0.6 is 0 Å². The third kappa shape index (κ3) is 3.00. The molecule has 0 aromatic carbocycles. The number of hydrogen-bond donors (Lipinski definition) is 1. The molecule has 1 atom stereocenters. The summed E-state index contributed by atoms with van der Waals surface area (Å²) >= 11 is 0. The molecule has 2 amide bonds. The third-order valence-electron chi connectivity index (χ3n) is 2.96. The fourth-order valence-corrected chi connectivity index (χ4v) is 2.05. The highest BCUT2D eigenvalue weighted by molar-refractivity contribution is 5.93. The molecule has 0 aromatic rings. The van der Waals surface area contributed by atoms with Gasteiger partial charge in [0.15, 0.2) is 0 Å². The highest BCUT2D eigenvalue weighted by Gasteiger charge is 2.38. The summed E-state index contributed by atoms with van der Waals surface area (Å²) in [4.78, 5) is 25.5. The van der Waals surface area contributed by atoms with Gasteiger partial charge in [-0.2, -0.15) is 0 Å². The topological polar surface area (TPSA) is 49.4 Å². The molecule has 1 rings (SSSR count). The van der Waals surface area contributed by atoms with Crippen molar-refractivity contribution in [2.45, 2.75) is 51.6 Å². The van der Waals surface area contributed by atoms with Crippen LogP contribution in [0, 0.1) is 12.3 Å². The van der Waals surface area contributed by atoms with Crippen LogP contribution in [0.1, 0.15) is 40.0 Å². The van der Waals surface area contributed by atoms with Crippen LogP contribution in [0.5, 0.6) is 0 Å². The molecule has 1 aliphatic rings. The van der Waals surface area contributed by atoms with Crippen LogP contribution in [0.2, 0.25) is 0 Å². The first kappa shape index (κ1) is 13.6. The number of carbonyl (C=O) groups excluding carboxylic acids is 2. The Bertz CT molecular complexity index is 355. The van der Waals surface area contributed by atoms with Crippen molar-refractivity contribution in [1.29, 1.82) is 0 Å². The number of rotatable bonds is 3. The van der Waals surface area contributed by atoms with Crippen molar-refractivity contribution in [2.24, 2.45) is 0 Å². The Morgan fingerprint density at radius 1 is 1.53 bits per heavy atom. The maximum Gasteiger partial charge on any atom is 0.248 e. The van der Waals surface area contributed by atoms with Gasteiger partial charge in [0.05, 0.1) is 6.04 Å². The minimum atomic E-state index is -0.865. The van der Waals surface area contributed by atoms with Crippen molar-refractivity contribution in [1.82, 2.24) is 10.2 Å². The Hall–Kier alpha value is -1.50. The predicted octanol–water partition coefficient (Wildman–Crippen LogP) is 0.915. The highest BCUT2D eigenvalue weighted by atomic mass is 16.2. The monoisotopic (exact) mass is 236 g/mol. The molecule has 0 radical (unpaired) electrons. The lowest BCUT2D eigenvalue weighted by Crippen LogP contribution is -2.54. The van der Waals surface area contributed by atoms with E-state index in [0.717, 1.165) is 12.8 Å². The number of carbonyl (C=O) groups is 2. The third-order valence-corrected chi connectivity index (χ3v) is 2.96. The van der Waals surface area contributed by atoms with Gasteiger partial charge in [-0.3, -0.25) is 9.59 Å². The van der Waals surface area contributed by atoms with Gasteiger partial charge in [0.1, 0.15) is 5.54 Å². The number of hydrogen-bond acceptors (Lipinski definition) is 2. The van der Waals surface area contributed by atoms with Crippen LogP contribution < -0.4 is 5.32 Å². The van der Waals surface area contributed by atoms with Crippen LogP contribution in [-0.2, 0) is 9.59 Å². The molecule has 1 N–H and O–H groups in total. The first-order valence-corrected chi connectivity index (χ1v) is 6.00. The zero-order valence-corrected chi connectivity index (χ0v) is 10.7. The molecule has 0 aliphatic carbocycles. The van der Waals surface area contributed by atoms with E-state index < -0.39 is 5.54 Å². The molecule has 0 bridgehead atoms. The van der Waals surface area contributed by atoms with Crippen LogP contribution in [-0.4, -0.2) is 34.8 Å². The SMILES string of the molecule is C#CC(CCC)N1CCC(=O)NC(C)(C)C1=O. The van der Waals surface area contributed by atoms with Crippen LogP contribution in [0.15, 0.2) is 0 Å². The Morgan fingerprint density at radius 3 is 2.71 bits per heavy atom. The van der Waals surface area contributed by atoms with Gasteiger partial charge in [-0.15, -0.1) is 6.42 Å². The lowest BCUT2D eigenvalue weighted by atomic mass is 10.0. The van der Waals surface area contributed by atoms with E-state index in [-0.39, 0.29) is 17.9 Å². The molecule has 4 nitrogen and oxygen atoms in total.